The largest absolute Gasteiger partial charge is 0.353 e. The summed E-state index contributed by atoms with van der Waals surface area (Å²) in [6.45, 7) is 4.08. The first-order valence-corrected chi connectivity index (χ1v) is 8.57. The molecule has 3 nitrogen and oxygen atoms in total. The second-order valence-electron chi connectivity index (χ2n) is 5.61. The van der Waals surface area contributed by atoms with Crippen molar-refractivity contribution in [1.82, 2.24) is 4.90 Å². The zero-order valence-electron chi connectivity index (χ0n) is 11.2. The van der Waals surface area contributed by atoms with Crippen LogP contribution in [-0.2, 0) is 9.47 Å². The smallest absolute Gasteiger partial charge is 0.157 e. The van der Waals surface area contributed by atoms with Crippen LogP contribution in [0.2, 0.25) is 0 Å². The molecule has 1 saturated carbocycles. The molecule has 0 aromatic rings. The summed E-state index contributed by atoms with van der Waals surface area (Å²) in [5, 5.41) is 0.907. The van der Waals surface area contributed by atoms with E-state index < -0.39 is 0 Å². The van der Waals surface area contributed by atoms with E-state index in [9.17, 15) is 0 Å². The van der Waals surface area contributed by atoms with Gasteiger partial charge in [-0.05, 0) is 32.1 Å². The van der Waals surface area contributed by atoms with Crippen LogP contribution < -0.4 is 0 Å². The highest BCUT2D eigenvalue weighted by molar-refractivity contribution is 8.00. The van der Waals surface area contributed by atoms with Gasteiger partial charge >= 0.3 is 0 Å². The maximum atomic E-state index is 5.86. The second kappa shape index (κ2) is 6.60. The average Bonchev–Trinajstić information content (AvgIpc) is 2.89. The molecule has 0 spiro atoms. The molecule has 3 atom stereocenters. The van der Waals surface area contributed by atoms with Crippen molar-refractivity contribution >= 4 is 11.8 Å². The molecule has 0 amide bonds. The van der Waals surface area contributed by atoms with Crippen molar-refractivity contribution in [2.24, 2.45) is 0 Å². The van der Waals surface area contributed by atoms with Crippen LogP contribution in [0.25, 0.3) is 0 Å². The highest BCUT2D eigenvalue weighted by Crippen LogP contribution is 2.36. The number of rotatable bonds is 4. The predicted octanol–water partition coefficient (Wildman–Crippen LogP) is 2.50. The van der Waals surface area contributed by atoms with Gasteiger partial charge in [0.05, 0.1) is 6.61 Å². The van der Waals surface area contributed by atoms with E-state index in [0.717, 1.165) is 37.5 Å². The lowest BCUT2D eigenvalue weighted by molar-refractivity contribution is -0.164. The van der Waals surface area contributed by atoms with Gasteiger partial charge in [-0.25, -0.2) is 0 Å². The second-order valence-corrected chi connectivity index (χ2v) is 6.96. The summed E-state index contributed by atoms with van der Waals surface area (Å²) in [4.78, 5) is 2.66. The van der Waals surface area contributed by atoms with Crippen molar-refractivity contribution in [3.05, 3.63) is 0 Å². The quantitative estimate of drug-likeness (QED) is 0.783. The first kappa shape index (κ1) is 13.2. The van der Waals surface area contributed by atoms with Gasteiger partial charge in [0, 0.05) is 36.7 Å². The topological polar surface area (TPSA) is 21.7 Å². The molecule has 3 rings (SSSR count). The molecule has 0 radical (unpaired) electrons. The number of hydrogen-bond donors (Lipinski definition) is 0. The zero-order chi connectivity index (χ0) is 12.2. The molecular weight excluding hydrogens is 246 g/mol. The van der Waals surface area contributed by atoms with E-state index in [4.69, 9.17) is 9.47 Å². The Morgan fingerprint density at radius 2 is 2.17 bits per heavy atom. The summed E-state index contributed by atoms with van der Waals surface area (Å²) in [6.07, 6.45) is 7.88. The summed E-state index contributed by atoms with van der Waals surface area (Å²) in [6, 6.07) is 0.833. The molecule has 0 aromatic heterocycles. The summed E-state index contributed by atoms with van der Waals surface area (Å²) in [5.74, 6) is 1.31. The molecule has 0 bridgehead atoms. The molecule has 4 heteroatoms. The molecule has 1 aliphatic carbocycles. The van der Waals surface area contributed by atoms with E-state index in [2.05, 4.69) is 16.7 Å². The van der Waals surface area contributed by atoms with Gasteiger partial charge in [-0.3, -0.25) is 4.90 Å². The normalized spacial score (nSPS) is 37.7. The van der Waals surface area contributed by atoms with E-state index in [1.54, 1.807) is 0 Å². The van der Waals surface area contributed by atoms with Crippen molar-refractivity contribution in [2.75, 3.05) is 32.1 Å². The average molecular weight is 271 g/mol. The van der Waals surface area contributed by atoms with Crippen LogP contribution in [0.5, 0.6) is 0 Å². The first-order chi connectivity index (χ1) is 8.93. The van der Waals surface area contributed by atoms with Gasteiger partial charge in [0.2, 0.25) is 0 Å². The standard InChI is InChI=1S/C14H25NO2S/c1-2-9-16-14(6-1)17-10-7-15-8-11-18-13-5-3-4-12(13)15/h12-14H,1-11H2. The minimum Gasteiger partial charge on any atom is -0.353 e. The lowest BCUT2D eigenvalue weighted by Crippen LogP contribution is -2.46. The van der Waals surface area contributed by atoms with Gasteiger partial charge in [-0.1, -0.05) is 6.42 Å². The Morgan fingerprint density at radius 1 is 1.17 bits per heavy atom. The van der Waals surface area contributed by atoms with Gasteiger partial charge in [0.1, 0.15) is 0 Å². The highest BCUT2D eigenvalue weighted by Gasteiger charge is 2.35. The van der Waals surface area contributed by atoms with Crippen molar-refractivity contribution in [2.45, 2.75) is 56.1 Å². The van der Waals surface area contributed by atoms with Crippen LogP contribution in [0.1, 0.15) is 38.5 Å². The minimum atomic E-state index is 0.0808. The summed E-state index contributed by atoms with van der Waals surface area (Å²) < 4.78 is 11.5. The monoisotopic (exact) mass is 271 g/mol. The van der Waals surface area contributed by atoms with E-state index in [1.807, 2.05) is 0 Å². The Kier molecular flexibility index (Phi) is 4.85. The molecule has 2 aliphatic heterocycles. The van der Waals surface area contributed by atoms with Crippen molar-refractivity contribution in [3.8, 4) is 0 Å². The third-order valence-corrected chi connectivity index (χ3v) is 5.81. The number of fused-ring (bicyclic) bond motifs is 1. The van der Waals surface area contributed by atoms with E-state index in [-0.39, 0.29) is 6.29 Å². The molecule has 3 unspecified atom stereocenters. The fourth-order valence-corrected chi connectivity index (χ4v) is 4.93. The summed E-state index contributed by atoms with van der Waals surface area (Å²) >= 11 is 2.19. The van der Waals surface area contributed by atoms with Crippen molar-refractivity contribution in [1.29, 1.82) is 0 Å². The van der Waals surface area contributed by atoms with Crippen LogP contribution >= 0.6 is 11.8 Å². The summed E-state index contributed by atoms with van der Waals surface area (Å²) in [5.41, 5.74) is 0. The van der Waals surface area contributed by atoms with Crippen LogP contribution in [0.15, 0.2) is 0 Å². The number of ether oxygens (including phenoxy) is 2. The van der Waals surface area contributed by atoms with E-state index >= 15 is 0 Å². The van der Waals surface area contributed by atoms with Gasteiger partial charge in [0.15, 0.2) is 6.29 Å². The minimum absolute atomic E-state index is 0.0808. The van der Waals surface area contributed by atoms with Crippen LogP contribution in [0.4, 0.5) is 0 Å². The van der Waals surface area contributed by atoms with E-state index in [1.165, 1.54) is 44.4 Å². The maximum absolute atomic E-state index is 5.86. The molecule has 2 saturated heterocycles. The van der Waals surface area contributed by atoms with Crippen molar-refractivity contribution < 1.29 is 9.47 Å². The Labute approximate surface area is 115 Å². The Morgan fingerprint density at radius 3 is 3.06 bits per heavy atom. The zero-order valence-corrected chi connectivity index (χ0v) is 12.0. The third kappa shape index (κ3) is 3.21. The van der Waals surface area contributed by atoms with Crippen LogP contribution in [0, 0.1) is 0 Å². The third-order valence-electron chi connectivity index (χ3n) is 4.42. The molecule has 3 fully saturated rings. The van der Waals surface area contributed by atoms with Crippen LogP contribution in [0.3, 0.4) is 0 Å². The van der Waals surface area contributed by atoms with Gasteiger partial charge in [-0.15, -0.1) is 0 Å². The Bertz CT molecular complexity index is 258. The Balaban J connectivity index is 1.39. The van der Waals surface area contributed by atoms with E-state index in [0.29, 0.717) is 0 Å². The highest BCUT2D eigenvalue weighted by atomic mass is 32.2. The Hall–Kier alpha value is 0.230. The fourth-order valence-electron chi connectivity index (χ4n) is 3.43. The first-order valence-electron chi connectivity index (χ1n) is 7.52. The van der Waals surface area contributed by atoms with Gasteiger partial charge in [0.25, 0.3) is 0 Å². The SMILES string of the molecule is C1CCC(OCCN2CCSC3CCCC32)OC1. The van der Waals surface area contributed by atoms with Crippen LogP contribution in [-0.4, -0.2) is 54.5 Å². The maximum Gasteiger partial charge on any atom is 0.157 e. The number of nitrogens with zero attached hydrogens (tertiary/aromatic N) is 1. The molecular formula is C14H25NO2S. The molecule has 0 N–H and O–H groups in total. The molecule has 104 valence electrons. The van der Waals surface area contributed by atoms with Crippen molar-refractivity contribution in [3.63, 3.8) is 0 Å². The predicted molar refractivity (Wildman–Crippen MR) is 75.0 cm³/mol. The molecule has 2 heterocycles. The van der Waals surface area contributed by atoms with Gasteiger partial charge < -0.3 is 9.47 Å². The lowest BCUT2D eigenvalue weighted by Gasteiger charge is -2.37. The summed E-state index contributed by atoms with van der Waals surface area (Å²) in [7, 11) is 0. The molecule has 3 aliphatic rings. The van der Waals surface area contributed by atoms with Gasteiger partial charge in [-0.2, -0.15) is 11.8 Å². The number of thioether (sulfide) groups is 1. The molecule has 0 aromatic carbocycles. The lowest BCUT2D eigenvalue weighted by atomic mass is 10.2. The fraction of sp³-hybridized carbons (Fsp3) is 1.00. The molecule has 18 heavy (non-hydrogen) atoms. The number of hydrogen-bond acceptors (Lipinski definition) is 4.